The lowest BCUT2D eigenvalue weighted by Crippen LogP contribution is -2.38. The number of rotatable bonds is 9. The van der Waals surface area contributed by atoms with Gasteiger partial charge in [0.15, 0.2) is 0 Å². The monoisotopic (exact) mass is 499 g/mol. The van der Waals surface area contributed by atoms with Crippen LogP contribution in [0.1, 0.15) is 29.3 Å². The molecule has 0 unspecified atom stereocenters. The van der Waals surface area contributed by atoms with Crippen LogP contribution in [-0.2, 0) is 14.8 Å². The van der Waals surface area contributed by atoms with Crippen molar-refractivity contribution in [1.82, 2.24) is 5.32 Å². The molecule has 0 aromatic heterocycles. The SMILES string of the molecule is CCCNC(=O)c1ccccc1NC(=O)CN(c1ccc(C)c(Cl)c1)S(=O)(=O)c1ccccc1. The van der Waals surface area contributed by atoms with Gasteiger partial charge in [0.25, 0.3) is 15.9 Å². The maximum atomic E-state index is 13.4. The summed E-state index contributed by atoms with van der Waals surface area (Å²) in [5.41, 5.74) is 1.61. The van der Waals surface area contributed by atoms with Crippen molar-refractivity contribution in [3.63, 3.8) is 0 Å². The van der Waals surface area contributed by atoms with E-state index in [2.05, 4.69) is 10.6 Å². The standard InChI is InChI=1S/C25H26ClN3O4S/c1-3-15-27-25(31)21-11-7-8-12-23(21)28-24(30)17-29(19-14-13-18(2)22(26)16-19)34(32,33)20-9-5-4-6-10-20/h4-14,16H,3,15,17H2,1-2H3,(H,27,31)(H,28,30). The summed E-state index contributed by atoms with van der Waals surface area (Å²) in [4.78, 5) is 25.6. The van der Waals surface area contributed by atoms with E-state index in [-0.39, 0.29) is 16.5 Å². The summed E-state index contributed by atoms with van der Waals surface area (Å²) in [6.07, 6.45) is 0.770. The summed E-state index contributed by atoms with van der Waals surface area (Å²) in [6, 6.07) is 19.2. The van der Waals surface area contributed by atoms with Crippen LogP contribution in [0, 0.1) is 6.92 Å². The molecule has 0 aliphatic heterocycles. The van der Waals surface area contributed by atoms with E-state index in [9.17, 15) is 18.0 Å². The number of anilines is 2. The average molecular weight is 500 g/mol. The molecule has 0 saturated carbocycles. The van der Waals surface area contributed by atoms with Gasteiger partial charge in [-0.15, -0.1) is 0 Å². The van der Waals surface area contributed by atoms with Gasteiger partial charge in [0.2, 0.25) is 5.91 Å². The van der Waals surface area contributed by atoms with E-state index in [1.807, 2.05) is 6.92 Å². The number of amides is 2. The molecule has 3 rings (SSSR count). The summed E-state index contributed by atoms with van der Waals surface area (Å²) in [5, 5.41) is 5.83. The van der Waals surface area contributed by atoms with Crippen LogP contribution in [0.5, 0.6) is 0 Å². The number of halogens is 1. The number of nitrogens with one attached hydrogen (secondary N) is 2. The molecule has 34 heavy (non-hydrogen) atoms. The maximum absolute atomic E-state index is 13.4. The third-order valence-corrected chi connectivity index (χ3v) is 7.24. The zero-order chi connectivity index (χ0) is 24.7. The molecule has 0 aliphatic rings. The Morgan fingerprint density at radius 2 is 1.65 bits per heavy atom. The molecule has 9 heteroatoms. The van der Waals surface area contributed by atoms with Crippen LogP contribution in [0.25, 0.3) is 0 Å². The highest BCUT2D eigenvalue weighted by Gasteiger charge is 2.28. The zero-order valence-corrected chi connectivity index (χ0v) is 20.5. The van der Waals surface area contributed by atoms with Gasteiger partial charge in [-0.05, 0) is 55.3 Å². The average Bonchev–Trinajstić information content (AvgIpc) is 2.83. The fourth-order valence-corrected chi connectivity index (χ4v) is 4.82. The molecule has 0 aliphatic carbocycles. The number of nitrogens with zero attached hydrogens (tertiary/aromatic N) is 1. The minimum Gasteiger partial charge on any atom is -0.352 e. The molecule has 2 N–H and O–H groups in total. The van der Waals surface area contributed by atoms with Gasteiger partial charge in [-0.2, -0.15) is 0 Å². The maximum Gasteiger partial charge on any atom is 0.264 e. The van der Waals surface area contributed by atoms with Gasteiger partial charge in [0.1, 0.15) is 6.54 Å². The number of sulfonamides is 1. The number of para-hydroxylation sites is 1. The zero-order valence-electron chi connectivity index (χ0n) is 18.9. The molecule has 2 amide bonds. The van der Waals surface area contributed by atoms with Crippen LogP contribution >= 0.6 is 11.6 Å². The predicted molar refractivity (Wildman–Crippen MR) is 135 cm³/mol. The largest absolute Gasteiger partial charge is 0.352 e. The molecule has 0 radical (unpaired) electrons. The highest BCUT2D eigenvalue weighted by Crippen LogP contribution is 2.28. The molecule has 0 atom stereocenters. The molecule has 0 bridgehead atoms. The lowest BCUT2D eigenvalue weighted by atomic mass is 10.1. The summed E-state index contributed by atoms with van der Waals surface area (Å²) in [5.74, 6) is -0.927. The number of aryl methyl sites for hydroxylation is 1. The normalized spacial score (nSPS) is 11.0. The number of hydrogen-bond donors (Lipinski definition) is 2. The van der Waals surface area contributed by atoms with Crippen LogP contribution < -0.4 is 14.9 Å². The van der Waals surface area contributed by atoms with E-state index in [4.69, 9.17) is 11.6 Å². The second kappa shape index (κ2) is 11.2. The quantitative estimate of drug-likeness (QED) is 0.449. The Morgan fingerprint density at radius 1 is 0.971 bits per heavy atom. The summed E-state index contributed by atoms with van der Waals surface area (Å²) in [6.45, 7) is 3.72. The number of carbonyl (C=O) groups excluding carboxylic acids is 2. The minimum atomic E-state index is -4.07. The predicted octanol–water partition coefficient (Wildman–Crippen LogP) is 4.62. The Labute approximate surface area is 204 Å². The highest BCUT2D eigenvalue weighted by molar-refractivity contribution is 7.92. The lowest BCUT2D eigenvalue weighted by molar-refractivity contribution is -0.114. The van der Waals surface area contributed by atoms with Crippen molar-refractivity contribution in [2.45, 2.75) is 25.2 Å². The molecule has 7 nitrogen and oxygen atoms in total. The third kappa shape index (κ3) is 5.95. The Bertz CT molecular complexity index is 1280. The number of benzene rings is 3. The van der Waals surface area contributed by atoms with Crippen molar-refractivity contribution < 1.29 is 18.0 Å². The fourth-order valence-electron chi connectivity index (χ4n) is 3.22. The van der Waals surface area contributed by atoms with Crippen molar-refractivity contribution in [3.8, 4) is 0 Å². The van der Waals surface area contributed by atoms with Crippen LogP contribution in [0.15, 0.2) is 77.7 Å². The van der Waals surface area contributed by atoms with Crippen molar-refractivity contribution in [3.05, 3.63) is 88.9 Å². The van der Waals surface area contributed by atoms with Crippen molar-refractivity contribution in [2.75, 3.05) is 22.7 Å². The first-order chi connectivity index (χ1) is 16.2. The molecule has 3 aromatic carbocycles. The molecule has 178 valence electrons. The van der Waals surface area contributed by atoms with Gasteiger partial charge in [-0.3, -0.25) is 13.9 Å². The Morgan fingerprint density at radius 3 is 2.32 bits per heavy atom. The van der Waals surface area contributed by atoms with Crippen LogP contribution in [0.2, 0.25) is 5.02 Å². The van der Waals surface area contributed by atoms with Gasteiger partial charge in [-0.1, -0.05) is 54.9 Å². The van der Waals surface area contributed by atoms with E-state index in [1.165, 1.54) is 18.2 Å². The number of hydrogen-bond acceptors (Lipinski definition) is 4. The molecular formula is C25H26ClN3O4S. The molecule has 0 heterocycles. The second-order valence-corrected chi connectivity index (χ2v) is 9.88. The van der Waals surface area contributed by atoms with Gasteiger partial charge >= 0.3 is 0 Å². The first-order valence-corrected chi connectivity index (χ1v) is 12.6. The Balaban J connectivity index is 1.93. The number of carbonyl (C=O) groups is 2. The Kier molecular flexibility index (Phi) is 8.31. The van der Waals surface area contributed by atoms with E-state index in [1.54, 1.807) is 61.5 Å². The topological polar surface area (TPSA) is 95.6 Å². The Hall–Kier alpha value is -3.36. The third-order valence-electron chi connectivity index (χ3n) is 5.04. The summed E-state index contributed by atoms with van der Waals surface area (Å²) >= 11 is 6.25. The van der Waals surface area contributed by atoms with E-state index in [0.717, 1.165) is 16.3 Å². The fraction of sp³-hybridized carbons (Fsp3) is 0.200. The van der Waals surface area contributed by atoms with E-state index >= 15 is 0 Å². The van der Waals surface area contributed by atoms with E-state index in [0.29, 0.717) is 22.8 Å². The first-order valence-electron chi connectivity index (χ1n) is 10.7. The molecule has 0 spiro atoms. The first kappa shape index (κ1) is 25.3. The van der Waals surface area contributed by atoms with Gasteiger partial charge in [0, 0.05) is 11.6 Å². The summed E-state index contributed by atoms with van der Waals surface area (Å²) < 4.78 is 27.9. The van der Waals surface area contributed by atoms with Crippen molar-refractivity contribution in [2.24, 2.45) is 0 Å². The highest BCUT2D eigenvalue weighted by atomic mass is 35.5. The molecule has 3 aromatic rings. The molecule has 0 fully saturated rings. The minimum absolute atomic E-state index is 0.0406. The van der Waals surface area contributed by atoms with Gasteiger partial charge < -0.3 is 10.6 Å². The van der Waals surface area contributed by atoms with Gasteiger partial charge in [0.05, 0.1) is 21.8 Å². The molecular weight excluding hydrogens is 474 g/mol. The smallest absolute Gasteiger partial charge is 0.264 e. The van der Waals surface area contributed by atoms with Crippen LogP contribution in [0.4, 0.5) is 11.4 Å². The van der Waals surface area contributed by atoms with Crippen LogP contribution in [-0.4, -0.2) is 33.3 Å². The lowest BCUT2D eigenvalue weighted by Gasteiger charge is -2.25. The van der Waals surface area contributed by atoms with Crippen molar-refractivity contribution >= 4 is 44.8 Å². The van der Waals surface area contributed by atoms with Crippen LogP contribution in [0.3, 0.4) is 0 Å². The van der Waals surface area contributed by atoms with Gasteiger partial charge in [-0.25, -0.2) is 8.42 Å². The van der Waals surface area contributed by atoms with Crippen molar-refractivity contribution in [1.29, 1.82) is 0 Å². The molecule has 0 saturated heterocycles. The second-order valence-electron chi connectivity index (χ2n) is 7.61. The summed E-state index contributed by atoms with van der Waals surface area (Å²) in [7, 11) is -4.07. The van der Waals surface area contributed by atoms with E-state index < -0.39 is 22.5 Å².